The Bertz CT molecular complexity index is 1020. The Morgan fingerprint density at radius 1 is 1.22 bits per heavy atom. The second-order valence-corrected chi connectivity index (χ2v) is 8.19. The predicted octanol–water partition coefficient (Wildman–Crippen LogP) is 2.95. The van der Waals surface area contributed by atoms with Gasteiger partial charge in [-0.3, -0.25) is 0 Å². The van der Waals surface area contributed by atoms with Crippen LogP contribution in [0.4, 0.5) is 0 Å². The molecule has 2 aromatic heterocycles. The highest BCUT2D eigenvalue weighted by Crippen LogP contribution is 2.39. The van der Waals surface area contributed by atoms with Gasteiger partial charge in [0, 0.05) is 30.8 Å². The molecule has 1 atom stereocenters. The Balaban J connectivity index is 1.66. The van der Waals surface area contributed by atoms with Gasteiger partial charge in [0.05, 0.1) is 23.8 Å². The molecule has 3 heterocycles. The minimum absolute atomic E-state index is 0.575. The van der Waals surface area contributed by atoms with E-state index < -0.39 is 5.60 Å². The number of benzene rings is 1. The van der Waals surface area contributed by atoms with E-state index in [0.717, 1.165) is 61.2 Å². The second-order valence-electron chi connectivity index (χ2n) is 8.19. The van der Waals surface area contributed by atoms with Crippen molar-refractivity contribution in [3.05, 3.63) is 58.7 Å². The largest absolute Gasteiger partial charge is 0.383 e. The van der Waals surface area contributed by atoms with Gasteiger partial charge in [-0.1, -0.05) is 24.3 Å². The molecule has 5 nitrogen and oxygen atoms in total. The maximum absolute atomic E-state index is 11.7. The molecule has 0 fully saturated rings. The summed E-state index contributed by atoms with van der Waals surface area (Å²) in [7, 11) is 2.16. The molecule has 0 saturated carbocycles. The zero-order valence-corrected chi connectivity index (χ0v) is 16.1. The standard InChI is InChI=1S/C22H26N4O/c1-15-23-12-20-21(24-15)17-13-25(2)11-9-19(17)26(20)14-22(27)10-5-7-16-6-3-4-8-18(16)22/h3-4,6,8,12,27H,5,7,9-11,13-14H2,1-2H3. The van der Waals surface area contributed by atoms with E-state index in [2.05, 4.69) is 39.7 Å². The normalized spacial score (nSPS) is 22.6. The lowest BCUT2D eigenvalue weighted by atomic mass is 9.79. The van der Waals surface area contributed by atoms with Gasteiger partial charge >= 0.3 is 0 Å². The van der Waals surface area contributed by atoms with E-state index in [9.17, 15) is 5.11 Å². The fourth-order valence-electron chi connectivity index (χ4n) is 4.93. The van der Waals surface area contributed by atoms with Crippen LogP contribution in [0.2, 0.25) is 0 Å². The van der Waals surface area contributed by atoms with Crippen LogP contribution in [0.1, 0.15) is 41.1 Å². The molecule has 0 radical (unpaired) electrons. The summed E-state index contributed by atoms with van der Waals surface area (Å²) in [6.07, 6.45) is 5.79. The van der Waals surface area contributed by atoms with Crippen LogP contribution in [-0.4, -0.2) is 38.1 Å². The molecule has 1 N–H and O–H groups in total. The zero-order chi connectivity index (χ0) is 18.6. The number of hydrogen-bond donors (Lipinski definition) is 1. The van der Waals surface area contributed by atoms with Crippen molar-refractivity contribution in [2.45, 2.75) is 51.3 Å². The number of fused-ring (bicyclic) bond motifs is 4. The quantitative estimate of drug-likeness (QED) is 0.762. The highest BCUT2D eigenvalue weighted by molar-refractivity contribution is 5.81. The third kappa shape index (κ3) is 2.68. The molecule has 1 aliphatic heterocycles. The number of aryl methyl sites for hydroxylation is 2. The second kappa shape index (κ2) is 6.14. The highest BCUT2D eigenvalue weighted by Gasteiger charge is 2.36. The Kier molecular flexibility index (Phi) is 3.85. The van der Waals surface area contributed by atoms with Crippen LogP contribution >= 0.6 is 0 Å². The fourth-order valence-corrected chi connectivity index (χ4v) is 4.93. The van der Waals surface area contributed by atoms with E-state index in [1.165, 1.54) is 16.8 Å². The molecule has 0 spiro atoms. The van der Waals surface area contributed by atoms with Crippen LogP contribution in [0.25, 0.3) is 11.0 Å². The summed E-state index contributed by atoms with van der Waals surface area (Å²) < 4.78 is 2.30. The van der Waals surface area contributed by atoms with Crippen molar-refractivity contribution in [3.63, 3.8) is 0 Å². The molecule has 0 amide bonds. The number of rotatable bonds is 2. The number of aliphatic hydroxyl groups is 1. The summed E-state index contributed by atoms with van der Waals surface area (Å²) in [6, 6.07) is 8.37. The van der Waals surface area contributed by atoms with Crippen molar-refractivity contribution in [1.29, 1.82) is 0 Å². The number of hydrogen-bond acceptors (Lipinski definition) is 4. The van der Waals surface area contributed by atoms with Crippen LogP contribution < -0.4 is 0 Å². The van der Waals surface area contributed by atoms with Crippen LogP contribution in [0.5, 0.6) is 0 Å². The molecule has 0 saturated heterocycles. The lowest BCUT2D eigenvalue weighted by molar-refractivity contribution is 0.00175. The molecule has 1 aliphatic carbocycles. The summed E-state index contributed by atoms with van der Waals surface area (Å²) in [4.78, 5) is 11.6. The Hall–Kier alpha value is -2.24. The molecule has 140 valence electrons. The van der Waals surface area contributed by atoms with Crippen LogP contribution in [0.15, 0.2) is 30.5 Å². The SMILES string of the molecule is Cc1ncc2c(n1)c1c(n2CC2(O)CCCc3ccccc32)CCN(C)C1. The average molecular weight is 362 g/mol. The van der Waals surface area contributed by atoms with Gasteiger partial charge in [-0.15, -0.1) is 0 Å². The van der Waals surface area contributed by atoms with Crippen molar-refractivity contribution >= 4 is 11.0 Å². The Morgan fingerprint density at radius 3 is 2.96 bits per heavy atom. The van der Waals surface area contributed by atoms with E-state index in [1.807, 2.05) is 19.2 Å². The lowest BCUT2D eigenvalue weighted by Crippen LogP contribution is -2.36. The van der Waals surface area contributed by atoms with Gasteiger partial charge in [0.25, 0.3) is 0 Å². The van der Waals surface area contributed by atoms with Crippen LogP contribution in [-0.2, 0) is 31.5 Å². The number of likely N-dealkylation sites (N-methyl/N-ethyl adjacent to an activating group) is 1. The van der Waals surface area contributed by atoms with Crippen molar-refractivity contribution in [2.75, 3.05) is 13.6 Å². The summed E-state index contributed by atoms with van der Waals surface area (Å²) in [5.74, 6) is 0.803. The first-order chi connectivity index (χ1) is 13.0. The fraction of sp³-hybridized carbons (Fsp3) is 0.455. The van der Waals surface area contributed by atoms with E-state index in [-0.39, 0.29) is 0 Å². The first-order valence-electron chi connectivity index (χ1n) is 9.88. The van der Waals surface area contributed by atoms with E-state index in [4.69, 9.17) is 4.98 Å². The maximum atomic E-state index is 11.7. The van der Waals surface area contributed by atoms with Gasteiger partial charge in [-0.25, -0.2) is 9.97 Å². The lowest BCUT2D eigenvalue weighted by Gasteiger charge is -2.36. The van der Waals surface area contributed by atoms with Gasteiger partial charge in [0.1, 0.15) is 11.4 Å². The van der Waals surface area contributed by atoms with Gasteiger partial charge in [-0.2, -0.15) is 0 Å². The number of aromatic nitrogens is 3. The van der Waals surface area contributed by atoms with E-state index in [1.54, 1.807) is 0 Å². The van der Waals surface area contributed by atoms with Crippen molar-refractivity contribution in [3.8, 4) is 0 Å². The smallest absolute Gasteiger partial charge is 0.126 e. The predicted molar refractivity (Wildman–Crippen MR) is 106 cm³/mol. The molecule has 2 aliphatic rings. The van der Waals surface area contributed by atoms with Crippen LogP contribution in [0, 0.1) is 6.92 Å². The van der Waals surface area contributed by atoms with Crippen molar-refractivity contribution in [1.82, 2.24) is 19.4 Å². The minimum Gasteiger partial charge on any atom is -0.383 e. The molecular weight excluding hydrogens is 336 g/mol. The number of nitrogens with zero attached hydrogens (tertiary/aromatic N) is 4. The van der Waals surface area contributed by atoms with Gasteiger partial charge in [0.2, 0.25) is 0 Å². The van der Waals surface area contributed by atoms with E-state index >= 15 is 0 Å². The first-order valence-corrected chi connectivity index (χ1v) is 9.88. The molecule has 1 aromatic carbocycles. The monoisotopic (exact) mass is 362 g/mol. The highest BCUT2D eigenvalue weighted by atomic mass is 16.3. The summed E-state index contributed by atoms with van der Waals surface area (Å²) in [5.41, 5.74) is 6.27. The topological polar surface area (TPSA) is 54.2 Å². The van der Waals surface area contributed by atoms with Gasteiger partial charge in [-0.05, 0) is 44.4 Å². The average Bonchev–Trinajstić information content (AvgIpc) is 2.94. The van der Waals surface area contributed by atoms with Crippen molar-refractivity contribution in [2.24, 2.45) is 0 Å². The zero-order valence-electron chi connectivity index (χ0n) is 16.1. The minimum atomic E-state index is -0.831. The van der Waals surface area contributed by atoms with Gasteiger partial charge < -0.3 is 14.6 Å². The summed E-state index contributed by atoms with van der Waals surface area (Å²) >= 11 is 0. The molecule has 27 heavy (non-hydrogen) atoms. The molecular formula is C22H26N4O. The Labute approximate surface area is 159 Å². The molecule has 0 bridgehead atoms. The van der Waals surface area contributed by atoms with E-state index in [0.29, 0.717) is 6.54 Å². The van der Waals surface area contributed by atoms with Crippen LogP contribution in [0.3, 0.4) is 0 Å². The summed E-state index contributed by atoms with van der Waals surface area (Å²) in [5, 5.41) is 11.7. The van der Waals surface area contributed by atoms with Crippen molar-refractivity contribution < 1.29 is 5.11 Å². The Morgan fingerprint density at radius 2 is 2.07 bits per heavy atom. The van der Waals surface area contributed by atoms with Gasteiger partial charge in [0.15, 0.2) is 0 Å². The molecule has 1 unspecified atom stereocenters. The first kappa shape index (κ1) is 16.9. The molecule has 5 heteroatoms. The molecule has 5 rings (SSSR count). The third-order valence-corrected chi connectivity index (χ3v) is 6.27. The third-order valence-electron chi connectivity index (χ3n) is 6.27. The maximum Gasteiger partial charge on any atom is 0.126 e. The molecule has 3 aromatic rings. The summed E-state index contributed by atoms with van der Waals surface area (Å²) in [6.45, 7) is 4.46.